The fraction of sp³-hybridized carbons (Fsp3) is 0.595. The van der Waals surface area contributed by atoms with E-state index >= 15 is 8.78 Å². The van der Waals surface area contributed by atoms with Crippen molar-refractivity contribution in [3.8, 4) is 5.88 Å². The van der Waals surface area contributed by atoms with Crippen molar-refractivity contribution in [2.75, 3.05) is 45.7 Å². The Morgan fingerprint density at radius 1 is 0.961 bits per heavy atom. The summed E-state index contributed by atoms with van der Waals surface area (Å²) in [5, 5.41) is 5.94. The summed E-state index contributed by atoms with van der Waals surface area (Å²) in [6.45, 7) is 8.12. The number of alkyl halides is 2. The summed E-state index contributed by atoms with van der Waals surface area (Å²) < 4.78 is 36.4. The SMILES string of the molecule is CCC(=O)N[C@@H](C(=O)N1CCN(C)CC1)[C@@H](CC)c1ccc(NC(=O)[C@](C)(SNC(=O)C(F)(F)c2ccc(OC)nc2)C2CCCCCC2)cc1. The first-order chi connectivity index (χ1) is 24.3. The molecule has 0 spiro atoms. The summed E-state index contributed by atoms with van der Waals surface area (Å²) >= 11 is 0.722. The third-order valence-electron chi connectivity index (χ3n) is 10.2. The Balaban J connectivity index is 1.52. The summed E-state index contributed by atoms with van der Waals surface area (Å²) in [5.41, 5.74) is 0.733. The van der Waals surface area contributed by atoms with Crippen molar-refractivity contribution in [1.82, 2.24) is 24.8 Å². The normalized spacial score (nSPS) is 18.5. The van der Waals surface area contributed by atoms with Crippen LogP contribution in [-0.4, -0.2) is 89.5 Å². The van der Waals surface area contributed by atoms with E-state index in [-0.39, 0.29) is 36.0 Å². The van der Waals surface area contributed by atoms with Crippen LogP contribution in [0, 0.1) is 5.92 Å². The molecule has 1 saturated heterocycles. The van der Waals surface area contributed by atoms with E-state index < -0.39 is 34.1 Å². The largest absolute Gasteiger partial charge is 0.481 e. The predicted molar refractivity (Wildman–Crippen MR) is 194 cm³/mol. The molecule has 3 N–H and O–H groups in total. The number of benzene rings is 1. The molecule has 1 aromatic heterocycles. The van der Waals surface area contributed by atoms with Crippen molar-refractivity contribution in [3.63, 3.8) is 0 Å². The number of nitrogens with zero attached hydrogens (tertiary/aromatic N) is 3. The molecule has 4 amide bonds. The van der Waals surface area contributed by atoms with E-state index in [9.17, 15) is 19.2 Å². The van der Waals surface area contributed by atoms with Crippen LogP contribution in [0.4, 0.5) is 14.5 Å². The number of aromatic nitrogens is 1. The maximum atomic E-state index is 15.2. The van der Waals surface area contributed by atoms with Crippen LogP contribution in [-0.2, 0) is 25.1 Å². The van der Waals surface area contributed by atoms with Gasteiger partial charge in [-0.3, -0.25) is 23.9 Å². The zero-order chi connectivity index (χ0) is 37.2. The Kier molecular flexibility index (Phi) is 14.2. The number of hydrogen-bond acceptors (Lipinski definition) is 8. The van der Waals surface area contributed by atoms with Crippen LogP contribution in [0.5, 0.6) is 5.88 Å². The molecule has 1 saturated carbocycles. The zero-order valence-corrected chi connectivity index (χ0v) is 31.1. The lowest BCUT2D eigenvalue weighted by atomic mass is 9.85. The number of likely N-dealkylation sites (N-methyl/N-ethyl adjacent to an activating group) is 1. The van der Waals surface area contributed by atoms with Crippen molar-refractivity contribution in [2.24, 2.45) is 5.92 Å². The van der Waals surface area contributed by atoms with Crippen molar-refractivity contribution in [3.05, 3.63) is 53.7 Å². The number of carbonyl (C=O) groups is 4. The molecule has 2 aliphatic rings. The molecular formula is C37H52F2N6O5S. The maximum Gasteiger partial charge on any atom is 0.352 e. The van der Waals surface area contributed by atoms with Crippen LogP contribution in [0.1, 0.15) is 89.2 Å². The van der Waals surface area contributed by atoms with Gasteiger partial charge in [-0.1, -0.05) is 51.7 Å². The molecule has 0 unspecified atom stereocenters. The van der Waals surface area contributed by atoms with Gasteiger partial charge in [-0.25, -0.2) is 4.98 Å². The number of nitrogens with one attached hydrogen (secondary N) is 3. The second kappa shape index (κ2) is 18.1. The number of halogens is 2. The number of ether oxygens (including phenoxy) is 1. The van der Waals surface area contributed by atoms with E-state index in [1.807, 2.05) is 31.0 Å². The monoisotopic (exact) mass is 730 g/mol. The van der Waals surface area contributed by atoms with Gasteiger partial charge in [-0.15, -0.1) is 0 Å². The van der Waals surface area contributed by atoms with Gasteiger partial charge in [0, 0.05) is 62.0 Å². The van der Waals surface area contributed by atoms with Crippen LogP contribution < -0.4 is 20.1 Å². The van der Waals surface area contributed by atoms with E-state index in [1.54, 1.807) is 26.0 Å². The lowest BCUT2D eigenvalue weighted by Gasteiger charge is -2.37. The van der Waals surface area contributed by atoms with Crippen LogP contribution in [0.25, 0.3) is 0 Å². The minimum absolute atomic E-state index is 0.110. The van der Waals surface area contributed by atoms with Crippen molar-refractivity contribution in [2.45, 2.75) is 94.8 Å². The Morgan fingerprint density at radius 3 is 2.16 bits per heavy atom. The third-order valence-corrected chi connectivity index (χ3v) is 11.4. The Hall–Kier alpha value is -3.78. The molecule has 280 valence electrons. The molecule has 51 heavy (non-hydrogen) atoms. The molecular weight excluding hydrogens is 679 g/mol. The van der Waals surface area contributed by atoms with Gasteiger partial charge in [0.2, 0.25) is 23.6 Å². The van der Waals surface area contributed by atoms with Gasteiger partial charge in [0.15, 0.2) is 0 Å². The molecule has 0 radical (unpaired) electrons. The lowest BCUT2D eigenvalue weighted by Crippen LogP contribution is -2.56. The minimum Gasteiger partial charge on any atom is -0.481 e. The van der Waals surface area contributed by atoms with Gasteiger partial charge in [0.05, 0.1) is 7.11 Å². The highest BCUT2D eigenvalue weighted by Gasteiger charge is 2.47. The molecule has 1 aromatic carbocycles. The summed E-state index contributed by atoms with van der Waals surface area (Å²) in [7, 11) is 3.38. The zero-order valence-electron chi connectivity index (χ0n) is 30.3. The minimum atomic E-state index is -3.89. The van der Waals surface area contributed by atoms with Crippen LogP contribution >= 0.6 is 11.9 Å². The molecule has 0 bridgehead atoms. The van der Waals surface area contributed by atoms with Gasteiger partial charge < -0.3 is 25.2 Å². The predicted octanol–water partition coefficient (Wildman–Crippen LogP) is 5.48. The number of pyridine rings is 1. The first-order valence-corrected chi connectivity index (χ1v) is 18.7. The molecule has 1 aliphatic heterocycles. The smallest absolute Gasteiger partial charge is 0.352 e. The highest BCUT2D eigenvalue weighted by molar-refractivity contribution is 8.00. The molecule has 14 heteroatoms. The summed E-state index contributed by atoms with van der Waals surface area (Å²) in [4.78, 5) is 61.1. The molecule has 1 aliphatic carbocycles. The quantitative estimate of drug-likeness (QED) is 0.172. The average molecular weight is 731 g/mol. The van der Waals surface area contributed by atoms with E-state index in [2.05, 4.69) is 25.2 Å². The number of anilines is 1. The van der Waals surface area contributed by atoms with Crippen molar-refractivity contribution < 1.29 is 32.7 Å². The molecule has 2 aromatic rings. The average Bonchev–Trinajstić information content (AvgIpc) is 3.44. The van der Waals surface area contributed by atoms with Gasteiger partial charge in [-0.05, 0) is 74.9 Å². The van der Waals surface area contributed by atoms with Gasteiger partial charge >= 0.3 is 11.8 Å². The molecule has 4 rings (SSSR count). The van der Waals surface area contributed by atoms with E-state index in [0.29, 0.717) is 25.2 Å². The third kappa shape index (κ3) is 9.97. The first-order valence-electron chi connectivity index (χ1n) is 17.9. The molecule has 11 nitrogen and oxygen atoms in total. The fourth-order valence-electron chi connectivity index (χ4n) is 6.75. The number of amides is 4. The molecule has 2 fully saturated rings. The lowest BCUT2D eigenvalue weighted by molar-refractivity contribution is -0.144. The van der Waals surface area contributed by atoms with Crippen LogP contribution in [0.3, 0.4) is 0 Å². The molecule has 2 heterocycles. The van der Waals surface area contributed by atoms with E-state index in [4.69, 9.17) is 4.74 Å². The Bertz CT molecular complexity index is 1480. The van der Waals surface area contributed by atoms with Gasteiger partial charge in [0.25, 0.3) is 0 Å². The number of piperazine rings is 1. The summed E-state index contributed by atoms with van der Waals surface area (Å²) in [6, 6.07) is 8.78. The summed E-state index contributed by atoms with van der Waals surface area (Å²) in [5.74, 6) is -6.49. The molecule has 3 atom stereocenters. The Morgan fingerprint density at radius 2 is 1.61 bits per heavy atom. The highest BCUT2D eigenvalue weighted by atomic mass is 32.2. The number of rotatable bonds is 14. The van der Waals surface area contributed by atoms with Gasteiger partial charge in [0.1, 0.15) is 10.8 Å². The highest BCUT2D eigenvalue weighted by Crippen LogP contribution is 2.41. The Labute approximate surface area is 304 Å². The topological polar surface area (TPSA) is 133 Å². The van der Waals surface area contributed by atoms with Gasteiger partial charge in [-0.2, -0.15) is 8.78 Å². The number of methoxy groups -OCH3 is 1. The second-order valence-electron chi connectivity index (χ2n) is 13.6. The van der Waals surface area contributed by atoms with Crippen LogP contribution in [0.2, 0.25) is 0 Å². The van der Waals surface area contributed by atoms with Crippen LogP contribution in [0.15, 0.2) is 42.6 Å². The fourth-order valence-corrected chi connectivity index (χ4v) is 7.72. The second-order valence-corrected chi connectivity index (χ2v) is 14.9. The number of hydrogen-bond donors (Lipinski definition) is 3. The maximum absolute atomic E-state index is 15.2. The van der Waals surface area contributed by atoms with Crippen molar-refractivity contribution >= 4 is 41.3 Å². The van der Waals surface area contributed by atoms with E-state index in [1.165, 1.54) is 13.2 Å². The first kappa shape index (κ1) is 40.0. The van der Waals surface area contributed by atoms with E-state index in [0.717, 1.165) is 81.4 Å². The summed E-state index contributed by atoms with van der Waals surface area (Å²) in [6.07, 6.45) is 7.00. The number of carbonyl (C=O) groups excluding carboxylic acids is 4. The van der Waals surface area contributed by atoms with Crippen molar-refractivity contribution in [1.29, 1.82) is 0 Å². The standard InChI is InChI=1S/C37H52F2N6O5S/c1-6-29(32(42-30(46)7-2)33(47)45-22-20-44(4)21-23-45)25-14-17-28(18-15-25)41-34(48)36(3,26-12-10-8-9-11-13-26)51-43-35(49)37(38,39)27-16-19-31(50-5)40-24-27/h14-19,24,26,29,32H,6-13,20-23H2,1-5H3,(H,41,48)(H,42,46)(H,43,49)/t29-,32+,36+/m0/s1.